The first-order valence-corrected chi connectivity index (χ1v) is 6.73. The lowest BCUT2D eigenvalue weighted by molar-refractivity contribution is 0.334. The van der Waals surface area contributed by atoms with E-state index >= 15 is 0 Å². The van der Waals surface area contributed by atoms with E-state index < -0.39 is 0 Å². The van der Waals surface area contributed by atoms with Crippen LogP contribution in [0.15, 0.2) is 0 Å². The van der Waals surface area contributed by atoms with Gasteiger partial charge >= 0.3 is 0 Å². The first-order valence-electron chi connectivity index (χ1n) is 6.73. The monoisotopic (exact) mass is 210 g/mol. The third-order valence-electron chi connectivity index (χ3n) is 3.96. The molecule has 2 heteroatoms. The Morgan fingerprint density at radius 2 is 2.07 bits per heavy atom. The molecule has 1 aliphatic heterocycles. The number of nitrogens with zero attached hydrogens (tertiary/aromatic N) is 1. The van der Waals surface area contributed by atoms with Gasteiger partial charge in [-0.25, -0.2) is 0 Å². The van der Waals surface area contributed by atoms with E-state index in [-0.39, 0.29) is 0 Å². The molecule has 88 valence electrons. The maximum atomic E-state index is 3.71. The molecular formula is C13H26N2. The van der Waals surface area contributed by atoms with Gasteiger partial charge in [0.25, 0.3) is 0 Å². The molecule has 0 aromatic heterocycles. The Morgan fingerprint density at radius 3 is 2.67 bits per heavy atom. The lowest BCUT2D eigenvalue weighted by atomic mass is 10.1. The third-order valence-corrected chi connectivity index (χ3v) is 3.96. The fourth-order valence-corrected chi connectivity index (χ4v) is 2.67. The molecule has 1 saturated carbocycles. The van der Waals surface area contributed by atoms with Gasteiger partial charge in [0, 0.05) is 12.6 Å². The SMILES string of the molecule is CCN1CCC(CNC(C)CC2CC2)C1. The summed E-state index contributed by atoms with van der Waals surface area (Å²) in [6.45, 7) is 9.73. The van der Waals surface area contributed by atoms with E-state index in [2.05, 4.69) is 24.1 Å². The van der Waals surface area contributed by atoms with Gasteiger partial charge in [0.2, 0.25) is 0 Å². The maximum absolute atomic E-state index is 3.71. The van der Waals surface area contributed by atoms with Gasteiger partial charge in [0.15, 0.2) is 0 Å². The minimum absolute atomic E-state index is 0.744. The average molecular weight is 210 g/mol. The number of nitrogens with one attached hydrogen (secondary N) is 1. The van der Waals surface area contributed by atoms with Crippen LogP contribution in [-0.4, -0.2) is 37.1 Å². The Morgan fingerprint density at radius 1 is 1.27 bits per heavy atom. The van der Waals surface area contributed by atoms with Crippen molar-refractivity contribution in [3.05, 3.63) is 0 Å². The molecular weight excluding hydrogens is 184 g/mol. The minimum Gasteiger partial charge on any atom is -0.314 e. The third kappa shape index (κ3) is 3.76. The Kier molecular flexibility index (Phi) is 4.04. The molecule has 2 atom stereocenters. The van der Waals surface area contributed by atoms with E-state index in [1.807, 2.05) is 0 Å². The van der Waals surface area contributed by atoms with Crippen LogP contribution in [0.2, 0.25) is 0 Å². The van der Waals surface area contributed by atoms with Crippen molar-refractivity contribution >= 4 is 0 Å². The van der Waals surface area contributed by atoms with Crippen molar-refractivity contribution < 1.29 is 0 Å². The van der Waals surface area contributed by atoms with Gasteiger partial charge in [-0.15, -0.1) is 0 Å². The van der Waals surface area contributed by atoms with Crippen molar-refractivity contribution in [2.75, 3.05) is 26.2 Å². The molecule has 2 rings (SSSR count). The van der Waals surface area contributed by atoms with Crippen LogP contribution in [0.5, 0.6) is 0 Å². The second kappa shape index (κ2) is 5.31. The Labute approximate surface area is 94.4 Å². The minimum atomic E-state index is 0.744. The maximum Gasteiger partial charge on any atom is 0.00414 e. The van der Waals surface area contributed by atoms with E-state index in [1.54, 1.807) is 0 Å². The average Bonchev–Trinajstić information content (AvgIpc) is 2.92. The highest BCUT2D eigenvalue weighted by molar-refractivity contribution is 4.81. The van der Waals surface area contributed by atoms with Gasteiger partial charge in [0.1, 0.15) is 0 Å². The van der Waals surface area contributed by atoms with Crippen LogP contribution < -0.4 is 5.32 Å². The summed E-state index contributed by atoms with van der Waals surface area (Å²) in [6, 6.07) is 0.744. The molecule has 2 fully saturated rings. The van der Waals surface area contributed by atoms with Crippen LogP contribution in [0.25, 0.3) is 0 Å². The normalized spacial score (nSPS) is 29.6. The zero-order valence-corrected chi connectivity index (χ0v) is 10.3. The molecule has 0 radical (unpaired) electrons. The lowest BCUT2D eigenvalue weighted by Gasteiger charge is -2.17. The van der Waals surface area contributed by atoms with Crippen molar-refractivity contribution in [2.45, 2.75) is 45.6 Å². The molecule has 0 aromatic carbocycles. The largest absolute Gasteiger partial charge is 0.314 e. The first kappa shape index (κ1) is 11.4. The molecule has 0 aromatic rings. The molecule has 0 spiro atoms. The Hall–Kier alpha value is -0.0800. The van der Waals surface area contributed by atoms with E-state index in [9.17, 15) is 0 Å². The fraction of sp³-hybridized carbons (Fsp3) is 1.00. The molecule has 2 unspecified atom stereocenters. The lowest BCUT2D eigenvalue weighted by Crippen LogP contribution is -2.32. The molecule has 15 heavy (non-hydrogen) atoms. The first-order chi connectivity index (χ1) is 7.28. The van der Waals surface area contributed by atoms with Gasteiger partial charge in [-0.1, -0.05) is 19.8 Å². The highest BCUT2D eigenvalue weighted by Crippen LogP contribution is 2.33. The topological polar surface area (TPSA) is 15.3 Å². The summed E-state index contributed by atoms with van der Waals surface area (Å²) < 4.78 is 0. The Bertz CT molecular complexity index is 189. The van der Waals surface area contributed by atoms with Gasteiger partial charge in [-0.3, -0.25) is 0 Å². The van der Waals surface area contributed by atoms with Crippen LogP contribution in [0.3, 0.4) is 0 Å². The van der Waals surface area contributed by atoms with Crippen LogP contribution >= 0.6 is 0 Å². The molecule has 1 aliphatic carbocycles. The summed E-state index contributed by atoms with van der Waals surface area (Å²) in [4.78, 5) is 2.57. The quantitative estimate of drug-likeness (QED) is 0.722. The van der Waals surface area contributed by atoms with Crippen molar-refractivity contribution in [3.63, 3.8) is 0 Å². The molecule has 0 amide bonds. The van der Waals surface area contributed by atoms with E-state index in [0.29, 0.717) is 0 Å². The van der Waals surface area contributed by atoms with Crippen LogP contribution in [0, 0.1) is 11.8 Å². The summed E-state index contributed by atoms with van der Waals surface area (Å²) >= 11 is 0. The highest BCUT2D eigenvalue weighted by atomic mass is 15.1. The number of hydrogen-bond donors (Lipinski definition) is 1. The van der Waals surface area contributed by atoms with Gasteiger partial charge in [0.05, 0.1) is 0 Å². The molecule has 2 nitrogen and oxygen atoms in total. The number of hydrogen-bond acceptors (Lipinski definition) is 2. The summed E-state index contributed by atoms with van der Waals surface area (Å²) in [7, 11) is 0. The predicted molar refractivity (Wildman–Crippen MR) is 65.0 cm³/mol. The predicted octanol–water partition coefficient (Wildman–Crippen LogP) is 2.11. The summed E-state index contributed by atoms with van der Waals surface area (Å²) in [5, 5.41) is 3.71. The molecule has 1 heterocycles. The van der Waals surface area contributed by atoms with Crippen molar-refractivity contribution in [2.24, 2.45) is 11.8 Å². The Balaban J connectivity index is 1.56. The molecule has 1 saturated heterocycles. The zero-order valence-electron chi connectivity index (χ0n) is 10.3. The van der Waals surface area contributed by atoms with E-state index in [0.717, 1.165) is 17.9 Å². The zero-order chi connectivity index (χ0) is 10.7. The second-order valence-electron chi connectivity index (χ2n) is 5.54. The van der Waals surface area contributed by atoms with E-state index in [1.165, 1.54) is 51.9 Å². The summed E-state index contributed by atoms with van der Waals surface area (Å²) in [6.07, 6.45) is 5.78. The van der Waals surface area contributed by atoms with Gasteiger partial charge in [-0.05, 0) is 51.2 Å². The van der Waals surface area contributed by atoms with Crippen molar-refractivity contribution in [1.29, 1.82) is 0 Å². The summed E-state index contributed by atoms with van der Waals surface area (Å²) in [5.74, 6) is 1.97. The van der Waals surface area contributed by atoms with Crippen LogP contribution in [-0.2, 0) is 0 Å². The van der Waals surface area contributed by atoms with Crippen molar-refractivity contribution in [1.82, 2.24) is 10.2 Å². The second-order valence-corrected chi connectivity index (χ2v) is 5.54. The number of rotatable bonds is 6. The van der Waals surface area contributed by atoms with Crippen LogP contribution in [0.1, 0.15) is 39.5 Å². The molecule has 2 aliphatic rings. The fourth-order valence-electron chi connectivity index (χ4n) is 2.67. The van der Waals surface area contributed by atoms with E-state index in [4.69, 9.17) is 0 Å². The van der Waals surface area contributed by atoms with Crippen LogP contribution in [0.4, 0.5) is 0 Å². The van der Waals surface area contributed by atoms with Gasteiger partial charge < -0.3 is 10.2 Å². The summed E-state index contributed by atoms with van der Waals surface area (Å²) in [5.41, 5.74) is 0. The van der Waals surface area contributed by atoms with Crippen molar-refractivity contribution in [3.8, 4) is 0 Å². The van der Waals surface area contributed by atoms with Gasteiger partial charge in [-0.2, -0.15) is 0 Å². The standard InChI is InChI=1S/C13H26N2/c1-3-15-7-6-13(10-15)9-14-11(2)8-12-4-5-12/h11-14H,3-10H2,1-2H3. The number of likely N-dealkylation sites (tertiary alicyclic amines) is 1. The molecule has 0 bridgehead atoms. The smallest absolute Gasteiger partial charge is 0.00414 e. The highest BCUT2D eigenvalue weighted by Gasteiger charge is 2.25. The molecule has 1 N–H and O–H groups in total.